The Morgan fingerprint density at radius 1 is 1.03 bits per heavy atom. The molecule has 0 amide bonds. The minimum atomic E-state index is -3.05. The van der Waals surface area contributed by atoms with Gasteiger partial charge in [-0.2, -0.15) is 0 Å². The number of anilines is 1. The van der Waals surface area contributed by atoms with Gasteiger partial charge in [-0.05, 0) is 68.3 Å². The lowest BCUT2D eigenvalue weighted by Gasteiger charge is -2.22. The van der Waals surface area contributed by atoms with Gasteiger partial charge in [0.15, 0.2) is 0 Å². The topological polar surface area (TPSA) is 95.3 Å². The Morgan fingerprint density at radius 2 is 1.71 bits per heavy atom. The molecule has 0 aliphatic heterocycles. The summed E-state index contributed by atoms with van der Waals surface area (Å²) >= 11 is 0. The normalized spacial score (nSPS) is 11.2. The highest BCUT2D eigenvalue weighted by molar-refractivity contribution is 7.74. The summed E-state index contributed by atoms with van der Waals surface area (Å²) < 4.78 is 61.8. The van der Waals surface area contributed by atoms with E-state index in [-0.39, 0.29) is 41.0 Å². The Morgan fingerprint density at radius 3 is 2.29 bits per heavy atom. The molecule has 4 aromatic rings. The highest BCUT2D eigenvalue weighted by Crippen LogP contribution is 2.41. The van der Waals surface area contributed by atoms with Gasteiger partial charge in [0.2, 0.25) is 10.9 Å². The molecule has 200 valence electrons. The van der Waals surface area contributed by atoms with Crippen LogP contribution in [-0.2, 0) is 22.0 Å². The zero-order valence-electron chi connectivity index (χ0n) is 21.4. The van der Waals surface area contributed by atoms with Crippen molar-refractivity contribution in [1.82, 2.24) is 0 Å². The highest BCUT2D eigenvalue weighted by atomic mass is 32.2. The number of hydrogen-bond donors (Lipinski definition) is 1. The first kappa shape index (κ1) is 27.0. The van der Waals surface area contributed by atoms with E-state index in [1.165, 1.54) is 41.7 Å². The number of halogens is 1. The molecule has 1 heterocycles. The number of esters is 1. The zero-order chi connectivity index (χ0) is 27.4. The monoisotopic (exact) mass is 541 g/mol. The summed E-state index contributed by atoms with van der Waals surface area (Å²) in [6.45, 7) is 3.77. The van der Waals surface area contributed by atoms with Crippen molar-refractivity contribution in [2.75, 3.05) is 25.1 Å². The molecule has 38 heavy (non-hydrogen) atoms. The Labute approximate surface area is 221 Å². The molecular formula is C28H28FNO7S. The van der Waals surface area contributed by atoms with Crippen molar-refractivity contribution >= 4 is 33.5 Å². The molecule has 8 nitrogen and oxygen atoms in total. The number of rotatable bonds is 10. The van der Waals surface area contributed by atoms with Crippen LogP contribution in [0.5, 0.6) is 11.5 Å². The van der Waals surface area contributed by atoms with Crippen LogP contribution in [0.3, 0.4) is 0 Å². The van der Waals surface area contributed by atoms with Crippen molar-refractivity contribution in [2.24, 2.45) is 0 Å². The van der Waals surface area contributed by atoms with E-state index in [0.29, 0.717) is 23.1 Å². The van der Waals surface area contributed by atoms with E-state index in [9.17, 15) is 17.6 Å². The van der Waals surface area contributed by atoms with E-state index >= 15 is 0 Å². The average Bonchev–Trinajstić information content (AvgIpc) is 3.26. The number of hydrogen-bond acceptors (Lipinski definition) is 7. The van der Waals surface area contributed by atoms with Crippen molar-refractivity contribution in [3.05, 3.63) is 77.6 Å². The second-order valence-corrected chi connectivity index (χ2v) is 9.70. The van der Waals surface area contributed by atoms with E-state index in [0.717, 1.165) is 5.56 Å². The van der Waals surface area contributed by atoms with Gasteiger partial charge in [0.05, 0.1) is 26.0 Å². The molecular weight excluding hydrogens is 513 g/mol. The van der Waals surface area contributed by atoms with Gasteiger partial charge in [-0.15, -0.1) is 0 Å². The number of furan rings is 1. The molecule has 0 fully saturated rings. The summed E-state index contributed by atoms with van der Waals surface area (Å²) in [6.07, 6.45) is 0.142. The number of fused-ring (bicyclic) bond motifs is 1. The van der Waals surface area contributed by atoms with Gasteiger partial charge >= 0.3 is 5.97 Å². The van der Waals surface area contributed by atoms with E-state index < -0.39 is 22.7 Å². The fourth-order valence-corrected chi connectivity index (χ4v) is 4.68. The van der Waals surface area contributed by atoms with Crippen LogP contribution in [0.1, 0.15) is 29.8 Å². The maximum absolute atomic E-state index is 13.5. The number of carbonyl (C=O) groups is 1. The minimum absolute atomic E-state index is 0.130. The number of nitrogens with zero attached hydrogens (tertiary/aromatic N) is 1. The molecule has 0 saturated heterocycles. The molecule has 0 radical (unpaired) electrons. The van der Waals surface area contributed by atoms with Crippen LogP contribution < -0.4 is 13.8 Å². The standard InChI is InChI=1S/C28H28FNO7S/c1-17(2)36-25-15-22-24(37-27(26(22)28(31)35-4)19-7-9-20(29)10-8-19)16-23(25)30(38(32)33)14-13-18-5-11-21(34-3)12-6-18/h5-12,15-17,38H,13-14H2,1-4H3. The molecule has 10 heteroatoms. The average molecular weight is 542 g/mol. The lowest BCUT2D eigenvalue weighted by molar-refractivity contribution is 0.0603. The van der Waals surface area contributed by atoms with E-state index in [1.54, 1.807) is 13.2 Å². The zero-order valence-corrected chi connectivity index (χ0v) is 22.3. The van der Waals surface area contributed by atoms with Crippen LogP contribution in [0.2, 0.25) is 0 Å². The minimum Gasteiger partial charge on any atom is -0.497 e. The predicted octanol–water partition coefficient (Wildman–Crippen LogP) is 5.40. The Bertz CT molecular complexity index is 1500. The van der Waals surface area contributed by atoms with Crippen molar-refractivity contribution in [2.45, 2.75) is 26.4 Å². The van der Waals surface area contributed by atoms with Crippen molar-refractivity contribution in [1.29, 1.82) is 0 Å². The second kappa shape index (κ2) is 11.6. The van der Waals surface area contributed by atoms with Gasteiger partial charge in [0.25, 0.3) is 0 Å². The number of ether oxygens (including phenoxy) is 3. The molecule has 0 bridgehead atoms. The number of methoxy groups -OCH3 is 2. The van der Waals surface area contributed by atoms with E-state index in [4.69, 9.17) is 18.6 Å². The molecule has 0 aliphatic rings. The van der Waals surface area contributed by atoms with Crippen LogP contribution in [0.25, 0.3) is 22.3 Å². The molecule has 0 spiro atoms. The first-order valence-corrected chi connectivity index (χ1v) is 13.0. The highest BCUT2D eigenvalue weighted by Gasteiger charge is 2.26. The molecule has 0 N–H and O–H groups in total. The Kier molecular flexibility index (Phi) is 8.21. The first-order chi connectivity index (χ1) is 18.2. The molecule has 0 aliphatic carbocycles. The summed E-state index contributed by atoms with van der Waals surface area (Å²) in [5.41, 5.74) is 2.03. The van der Waals surface area contributed by atoms with Crippen molar-refractivity contribution in [3.63, 3.8) is 0 Å². The summed E-state index contributed by atoms with van der Waals surface area (Å²) in [6, 6.07) is 16.0. The van der Waals surface area contributed by atoms with Crippen LogP contribution in [0.4, 0.5) is 10.1 Å². The molecule has 0 saturated carbocycles. The fraction of sp³-hybridized carbons (Fsp3) is 0.250. The van der Waals surface area contributed by atoms with Gasteiger partial charge < -0.3 is 18.6 Å². The summed E-state index contributed by atoms with van der Waals surface area (Å²) in [5.74, 6) is 0.0484. The van der Waals surface area contributed by atoms with Crippen LogP contribution in [0.15, 0.2) is 65.1 Å². The number of carbonyl (C=O) groups excluding carboxylic acids is 1. The van der Waals surface area contributed by atoms with Gasteiger partial charge in [-0.1, -0.05) is 12.1 Å². The van der Waals surface area contributed by atoms with Gasteiger partial charge in [0, 0.05) is 23.6 Å². The molecule has 0 unspecified atom stereocenters. The van der Waals surface area contributed by atoms with Crippen LogP contribution in [0, 0.1) is 5.82 Å². The Hall–Kier alpha value is -4.05. The van der Waals surface area contributed by atoms with Gasteiger partial charge in [-0.3, -0.25) is 4.31 Å². The fourth-order valence-electron chi connectivity index (χ4n) is 4.09. The molecule has 4 rings (SSSR count). The van der Waals surface area contributed by atoms with E-state index in [2.05, 4.69) is 0 Å². The Balaban J connectivity index is 1.84. The number of thiol groups is 1. The predicted molar refractivity (Wildman–Crippen MR) is 143 cm³/mol. The quantitative estimate of drug-likeness (QED) is 0.212. The third-order valence-electron chi connectivity index (χ3n) is 5.87. The van der Waals surface area contributed by atoms with Crippen molar-refractivity contribution in [3.8, 4) is 22.8 Å². The SMILES string of the molecule is COC(=O)c1c(-c2ccc(F)cc2)oc2cc(N(CCc3ccc(OC)cc3)[SH](=O)=O)c(OC(C)C)cc12. The maximum Gasteiger partial charge on any atom is 0.342 e. The lowest BCUT2D eigenvalue weighted by Crippen LogP contribution is -2.25. The van der Waals surface area contributed by atoms with Crippen LogP contribution in [-0.4, -0.2) is 41.3 Å². The smallest absolute Gasteiger partial charge is 0.342 e. The van der Waals surface area contributed by atoms with E-state index in [1.807, 2.05) is 38.1 Å². The van der Waals surface area contributed by atoms with Crippen molar-refractivity contribution < 1.29 is 36.2 Å². The molecule has 0 atom stereocenters. The largest absolute Gasteiger partial charge is 0.497 e. The maximum atomic E-state index is 13.5. The third-order valence-corrected chi connectivity index (χ3v) is 6.68. The second-order valence-electron chi connectivity index (χ2n) is 8.75. The lowest BCUT2D eigenvalue weighted by atomic mass is 10.0. The summed E-state index contributed by atoms with van der Waals surface area (Å²) in [7, 11) is -0.228. The first-order valence-electron chi connectivity index (χ1n) is 11.9. The molecule has 3 aromatic carbocycles. The van der Waals surface area contributed by atoms with Crippen LogP contribution >= 0.6 is 0 Å². The van der Waals surface area contributed by atoms with Gasteiger partial charge in [0.1, 0.15) is 34.2 Å². The molecule has 1 aromatic heterocycles. The third kappa shape index (κ3) is 5.75. The number of benzene rings is 3. The summed E-state index contributed by atoms with van der Waals surface area (Å²) in [5, 5.41) is 0.381. The summed E-state index contributed by atoms with van der Waals surface area (Å²) in [4.78, 5) is 12.8. The van der Waals surface area contributed by atoms with Gasteiger partial charge in [-0.25, -0.2) is 17.6 Å².